The molecule has 1 fully saturated rings. The van der Waals surface area contributed by atoms with Crippen molar-refractivity contribution in [3.05, 3.63) is 36.0 Å². The normalized spacial score (nSPS) is 18.6. The first-order valence-electron chi connectivity index (χ1n) is 8.75. The fraction of sp³-hybridized carbons (Fsp3) is 0.500. The number of nitrogens with two attached hydrogens (primary N) is 1. The lowest BCUT2D eigenvalue weighted by atomic mass is 10.0. The average molecular weight is 345 g/mol. The number of nitrogens with zero attached hydrogens (tertiary/aromatic N) is 4. The van der Waals surface area contributed by atoms with Gasteiger partial charge in [-0.2, -0.15) is 4.98 Å². The monoisotopic (exact) mass is 345 g/mol. The highest BCUT2D eigenvalue weighted by Crippen LogP contribution is 2.17. The number of halogens is 1. The van der Waals surface area contributed by atoms with Crippen LogP contribution in [-0.4, -0.2) is 40.6 Å². The highest BCUT2D eigenvalue weighted by Gasteiger charge is 2.17. The van der Waals surface area contributed by atoms with E-state index < -0.39 is 0 Å². The smallest absolute Gasteiger partial charge is 0.227 e. The van der Waals surface area contributed by atoms with Crippen LogP contribution in [-0.2, 0) is 6.42 Å². The van der Waals surface area contributed by atoms with Crippen molar-refractivity contribution in [3.63, 3.8) is 0 Å². The number of guanidine groups is 1. The van der Waals surface area contributed by atoms with Crippen molar-refractivity contribution in [1.29, 1.82) is 0 Å². The lowest BCUT2D eigenvalue weighted by Gasteiger charge is -2.31. The summed E-state index contributed by atoms with van der Waals surface area (Å²) in [6, 6.07) is 6.03. The number of likely N-dealkylation sites (tertiary alicyclic amines) is 1. The van der Waals surface area contributed by atoms with Crippen molar-refractivity contribution in [3.8, 4) is 11.4 Å². The van der Waals surface area contributed by atoms with Crippen molar-refractivity contribution >= 4 is 5.96 Å². The third-order valence-corrected chi connectivity index (χ3v) is 4.37. The fourth-order valence-electron chi connectivity index (χ4n) is 2.99. The summed E-state index contributed by atoms with van der Waals surface area (Å²) in [5, 5.41) is 3.93. The van der Waals surface area contributed by atoms with E-state index in [0.29, 0.717) is 36.6 Å². The molecule has 2 aromatic rings. The lowest BCUT2D eigenvalue weighted by molar-refractivity contribution is 0.270. The number of aryl methyl sites for hydroxylation is 1. The van der Waals surface area contributed by atoms with Crippen LogP contribution in [0.5, 0.6) is 0 Å². The SMILES string of the molecule is CC1CCCN(C(N)=NCCCc2nc(-c3ccc(F)cc3)no2)C1. The van der Waals surface area contributed by atoms with Crippen LogP contribution in [0.15, 0.2) is 33.8 Å². The van der Waals surface area contributed by atoms with E-state index in [1.165, 1.54) is 25.0 Å². The Kier molecular flexibility index (Phi) is 5.63. The molecule has 7 heteroatoms. The van der Waals surface area contributed by atoms with Crippen LogP contribution in [0.4, 0.5) is 4.39 Å². The molecule has 0 bridgehead atoms. The third kappa shape index (κ3) is 4.78. The topological polar surface area (TPSA) is 80.5 Å². The van der Waals surface area contributed by atoms with Gasteiger partial charge in [0.15, 0.2) is 5.96 Å². The molecule has 1 aliphatic rings. The first-order valence-corrected chi connectivity index (χ1v) is 8.75. The summed E-state index contributed by atoms with van der Waals surface area (Å²) in [5.74, 6) is 2.04. The van der Waals surface area contributed by atoms with E-state index in [9.17, 15) is 4.39 Å². The molecule has 1 saturated heterocycles. The quantitative estimate of drug-likeness (QED) is 0.512. The van der Waals surface area contributed by atoms with Crippen LogP contribution in [0.2, 0.25) is 0 Å². The van der Waals surface area contributed by atoms with Crippen LogP contribution in [0.3, 0.4) is 0 Å². The molecule has 6 nitrogen and oxygen atoms in total. The molecule has 0 radical (unpaired) electrons. The summed E-state index contributed by atoms with van der Waals surface area (Å²) < 4.78 is 18.2. The summed E-state index contributed by atoms with van der Waals surface area (Å²) in [7, 11) is 0. The second-order valence-corrected chi connectivity index (χ2v) is 6.56. The van der Waals surface area contributed by atoms with Crippen molar-refractivity contribution < 1.29 is 8.91 Å². The summed E-state index contributed by atoms with van der Waals surface area (Å²) in [6.45, 7) is 4.85. The van der Waals surface area contributed by atoms with Gasteiger partial charge >= 0.3 is 0 Å². The molecule has 1 aromatic heterocycles. The maximum Gasteiger partial charge on any atom is 0.227 e. The molecule has 25 heavy (non-hydrogen) atoms. The molecular formula is C18H24FN5O. The van der Waals surface area contributed by atoms with Crippen molar-refractivity contribution in [2.24, 2.45) is 16.6 Å². The van der Waals surface area contributed by atoms with E-state index in [2.05, 4.69) is 27.0 Å². The average Bonchev–Trinajstić information content (AvgIpc) is 3.08. The molecule has 1 aromatic carbocycles. The van der Waals surface area contributed by atoms with Gasteiger partial charge in [-0.1, -0.05) is 12.1 Å². The van der Waals surface area contributed by atoms with Gasteiger partial charge in [0.25, 0.3) is 0 Å². The Morgan fingerprint density at radius 1 is 1.40 bits per heavy atom. The zero-order valence-corrected chi connectivity index (χ0v) is 14.5. The summed E-state index contributed by atoms with van der Waals surface area (Å²) in [6.07, 6.45) is 3.86. The molecule has 1 atom stereocenters. The Hall–Kier alpha value is -2.44. The Balaban J connectivity index is 1.47. The van der Waals surface area contributed by atoms with Crippen molar-refractivity contribution in [1.82, 2.24) is 15.0 Å². The first kappa shape index (κ1) is 17.4. The maximum absolute atomic E-state index is 12.9. The lowest BCUT2D eigenvalue weighted by Crippen LogP contribution is -2.43. The molecule has 2 N–H and O–H groups in total. The molecule has 134 valence electrons. The largest absolute Gasteiger partial charge is 0.370 e. The number of hydrogen-bond acceptors (Lipinski definition) is 4. The van der Waals surface area contributed by atoms with Crippen molar-refractivity contribution in [2.45, 2.75) is 32.6 Å². The molecule has 2 heterocycles. The number of aromatic nitrogens is 2. The van der Waals surface area contributed by atoms with Gasteiger partial charge in [0.2, 0.25) is 11.7 Å². The minimum atomic E-state index is -0.286. The molecule has 0 spiro atoms. The fourth-order valence-corrected chi connectivity index (χ4v) is 2.99. The van der Waals surface area contributed by atoms with Crippen LogP contribution in [0, 0.1) is 11.7 Å². The standard InChI is InChI=1S/C18H24FN5O/c1-13-4-3-11-24(12-13)18(20)21-10-2-5-16-22-17(23-25-16)14-6-8-15(19)9-7-14/h6-9,13H,2-5,10-12H2,1H3,(H2,20,21). The number of piperidine rings is 1. The zero-order valence-electron chi connectivity index (χ0n) is 14.5. The van der Waals surface area contributed by atoms with Crippen molar-refractivity contribution in [2.75, 3.05) is 19.6 Å². The van der Waals surface area contributed by atoms with Gasteiger partial charge in [0.1, 0.15) is 5.82 Å². The Labute approximate surface area is 146 Å². The van der Waals surface area contributed by atoms with Crippen LogP contribution in [0.25, 0.3) is 11.4 Å². The summed E-state index contributed by atoms with van der Waals surface area (Å²) >= 11 is 0. The van der Waals surface area contributed by atoms with Gasteiger partial charge in [-0.05, 0) is 49.4 Å². The zero-order chi connectivity index (χ0) is 17.6. The summed E-state index contributed by atoms with van der Waals surface area (Å²) in [4.78, 5) is 11.0. The van der Waals surface area contributed by atoms with E-state index in [-0.39, 0.29) is 5.82 Å². The van der Waals surface area contributed by atoms with Gasteiger partial charge in [-0.15, -0.1) is 0 Å². The van der Waals surface area contributed by atoms with E-state index in [1.54, 1.807) is 12.1 Å². The van der Waals surface area contributed by atoms with Crippen LogP contribution in [0.1, 0.15) is 32.1 Å². The third-order valence-electron chi connectivity index (χ3n) is 4.37. The van der Waals surface area contributed by atoms with Gasteiger partial charge in [-0.25, -0.2) is 4.39 Å². The molecule has 3 rings (SSSR count). The predicted octanol–water partition coefficient (Wildman–Crippen LogP) is 2.85. The molecule has 0 aliphatic carbocycles. The van der Waals surface area contributed by atoms with E-state index in [0.717, 1.165) is 25.1 Å². The van der Waals surface area contributed by atoms with Crippen LogP contribution >= 0.6 is 0 Å². The number of aliphatic imine (C=N–C) groups is 1. The minimum absolute atomic E-state index is 0.286. The predicted molar refractivity (Wildman–Crippen MR) is 94.5 cm³/mol. The van der Waals surface area contributed by atoms with E-state index >= 15 is 0 Å². The Morgan fingerprint density at radius 3 is 2.96 bits per heavy atom. The van der Waals surface area contributed by atoms with Gasteiger partial charge in [0, 0.05) is 31.6 Å². The highest BCUT2D eigenvalue weighted by atomic mass is 19.1. The Morgan fingerprint density at radius 2 is 2.20 bits per heavy atom. The molecule has 1 aliphatic heterocycles. The number of hydrogen-bond donors (Lipinski definition) is 1. The second kappa shape index (κ2) is 8.09. The van der Waals surface area contributed by atoms with E-state index in [4.69, 9.17) is 10.3 Å². The van der Waals surface area contributed by atoms with Gasteiger partial charge < -0.3 is 15.2 Å². The molecular weight excluding hydrogens is 321 g/mol. The van der Waals surface area contributed by atoms with Crippen LogP contribution < -0.4 is 5.73 Å². The van der Waals surface area contributed by atoms with Gasteiger partial charge in [0.05, 0.1) is 0 Å². The number of benzene rings is 1. The van der Waals surface area contributed by atoms with E-state index in [1.807, 2.05) is 0 Å². The maximum atomic E-state index is 12.9. The minimum Gasteiger partial charge on any atom is -0.370 e. The molecule has 0 amide bonds. The number of rotatable bonds is 5. The Bertz CT molecular complexity index is 713. The molecule has 0 saturated carbocycles. The molecule has 1 unspecified atom stereocenters. The second-order valence-electron chi connectivity index (χ2n) is 6.56. The summed E-state index contributed by atoms with van der Waals surface area (Å²) in [5.41, 5.74) is 6.81. The van der Waals surface area contributed by atoms with Gasteiger partial charge in [-0.3, -0.25) is 4.99 Å². The first-order chi connectivity index (χ1) is 12.1. The highest BCUT2D eigenvalue weighted by molar-refractivity contribution is 5.78.